The molecule has 0 rings (SSSR count). The molecule has 0 heterocycles. The third-order valence-electron chi connectivity index (χ3n) is 5.01. The summed E-state index contributed by atoms with van der Waals surface area (Å²) in [6.45, 7) is 7.36. The Labute approximate surface area is 241 Å². The van der Waals surface area contributed by atoms with Crippen molar-refractivity contribution in [2.45, 2.75) is 62.7 Å². The molecule has 0 aromatic rings. The molecule has 42 heavy (non-hydrogen) atoms. The Morgan fingerprint density at radius 3 is 1.12 bits per heavy atom. The molecule has 0 saturated heterocycles. The maximum atomic E-state index is 11.4. The summed E-state index contributed by atoms with van der Waals surface area (Å²) in [5, 5.41) is 96.1. The van der Waals surface area contributed by atoms with Crippen molar-refractivity contribution in [3.8, 4) is 0 Å². The lowest BCUT2D eigenvalue weighted by Crippen LogP contribution is -2.52. The molecule has 0 radical (unpaired) electrons. The second-order valence-electron chi connectivity index (χ2n) is 8.77. The van der Waals surface area contributed by atoms with Crippen molar-refractivity contribution < 1.29 is 79.7 Å². The normalized spacial score (nSPS) is 16.5. The Balaban J connectivity index is 0. The predicted molar refractivity (Wildman–Crippen MR) is 140 cm³/mol. The number of hydrogen-bond donors (Lipinski definition) is 12. The van der Waals surface area contributed by atoms with Crippen LogP contribution in [0.3, 0.4) is 0 Å². The van der Waals surface area contributed by atoms with Crippen LogP contribution in [-0.4, -0.2) is 163 Å². The van der Waals surface area contributed by atoms with Crippen LogP contribution in [-0.2, 0) is 28.7 Å². The largest absolute Gasteiger partial charge is 0.460 e. The number of carbonyl (C=O) groups is 4. The molecule has 244 valence electrons. The van der Waals surface area contributed by atoms with Gasteiger partial charge < -0.3 is 71.2 Å². The molecule has 8 unspecified atom stereocenters. The molecule has 0 fully saturated rings. The lowest BCUT2D eigenvalue weighted by molar-refractivity contribution is -0.150. The van der Waals surface area contributed by atoms with E-state index in [0.29, 0.717) is 0 Å². The molecular formula is C24H42N2O16. The summed E-state index contributed by atoms with van der Waals surface area (Å²) in [6, 6.07) is 0. The Morgan fingerprint density at radius 2 is 0.881 bits per heavy atom. The minimum absolute atomic E-state index is 0.125. The molecule has 0 saturated carbocycles. The molecule has 12 N–H and O–H groups in total. The summed E-state index contributed by atoms with van der Waals surface area (Å²) in [5.41, 5.74) is 0.385. The summed E-state index contributed by atoms with van der Waals surface area (Å²) >= 11 is 0. The highest BCUT2D eigenvalue weighted by Crippen LogP contribution is 2.06. The van der Waals surface area contributed by atoms with Crippen molar-refractivity contribution in [2.24, 2.45) is 0 Å². The average molecular weight is 615 g/mol. The van der Waals surface area contributed by atoms with Gasteiger partial charge in [-0.2, -0.15) is 0 Å². The van der Waals surface area contributed by atoms with Crippen LogP contribution in [0.15, 0.2) is 24.3 Å². The van der Waals surface area contributed by atoms with Gasteiger partial charge in [0.15, 0.2) is 12.2 Å². The Morgan fingerprint density at radius 1 is 0.595 bits per heavy atom. The number of ether oxygens (including phenoxy) is 2. The second kappa shape index (κ2) is 21.6. The first-order valence-electron chi connectivity index (χ1n) is 12.3. The van der Waals surface area contributed by atoms with Gasteiger partial charge in [-0.25, -0.2) is 9.59 Å². The van der Waals surface area contributed by atoms with Gasteiger partial charge >= 0.3 is 11.9 Å². The summed E-state index contributed by atoms with van der Waals surface area (Å²) in [7, 11) is 0. The molecule has 0 spiro atoms. The third-order valence-corrected chi connectivity index (χ3v) is 5.01. The first kappa shape index (κ1) is 41.1. The fraction of sp³-hybridized carbons (Fsp3) is 0.667. The molecule has 0 aromatic carbocycles. The van der Waals surface area contributed by atoms with Gasteiger partial charge in [0, 0.05) is 11.1 Å². The van der Waals surface area contributed by atoms with E-state index in [9.17, 15) is 49.8 Å². The third kappa shape index (κ3) is 15.8. The number of rotatable bonds is 18. The van der Waals surface area contributed by atoms with Gasteiger partial charge in [0.05, 0.1) is 26.3 Å². The van der Waals surface area contributed by atoms with Crippen LogP contribution in [0.1, 0.15) is 13.8 Å². The molecule has 0 aliphatic carbocycles. The number of aliphatic hydroxyl groups is 10. The monoisotopic (exact) mass is 614 g/mol. The summed E-state index contributed by atoms with van der Waals surface area (Å²) in [4.78, 5) is 44.9. The number of carbonyl (C=O) groups excluding carboxylic acids is 4. The molecule has 0 aliphatic rings. The number of esters is 2. The van der Waals surface area contributed by atoms with E-state index in [0.717, 1.165) is 0 Å². The van der Waals surface area contributed by atoms with Gasteiger partial charge in [-0.15, -0.1) is 0 Å². The van der Waals surface area contributed by atoms with E-state index >= 15 is 0 Å². The van der Waals surface area contributed by atoms with Crippen LogP contribution in [0.5, 0.6) is 0 Å². The van der Waals surface area contributed by atoms with E-state index in [2.05, 4.69) is 33.3 Å². The molecule has 18 nitrogen and oxygen atoms in total. The van der Waals surface area contributed by atoms with Crippen molar-refractivity contribution in [3.05, 3.63) is 24.3 Å². The highest BCUT2D eigenvalue weighted by atomic mass is 16.5. The molecule has 0 aromatic heterocycles. The van der Waals surface area contributed by atoms with Crippen LogP contribution in [0.25, 0.3) is 0 Å². The maximum Gasteiger partial charge on any atom is 0.333 e. The van der Waals surface area contributed by atoms with E-state index in [-0.39, 0.29) is 37.4 Å². The zero-order valence-corrected chi connectivity index (χ0v) is 23.2. The van der Waals surface area contributed by atoms with Crippen molar-refractivity contribution in [2.75, 3.05) is 39.5 Å². The number of aliphatic hydroxyl groups excluding tert-OH is 10. The van der Waals surface area contributed by atoms with E-state index in [1.807, 2.05) is 0 Å². The van der Waals surface area contributed by atoms with Gasteiger partial charge in [-0.05, 0) is 13.8 Å². The highest BCUT2D eigenvalue weighted by molar-refractivity contribution is 5.87. The highest BCUT2D eigenvalue weighted by Gasteiger charge is 2.35. The van der Waals surface area contributed by atoms with Crippen molar-refractivity contribution >= 4 is 23.8 Å². The number of amides is 2. The minimum Gasteiger partial charge on any atom is -0.460 e. The maximum absolute atomic E-state index is 11.4. The topological polar surface area (TPSA) is 313 Å². The standard InChI is InChI=1S/2C12H21NO8/c2*1-6(2)12(20)21-4-3-13-11(19)10(18)9(17)8(16)7(15)5-14/h2*7-10,14-18H,1,3-5H2,2H3,(H,13,19). The minimum atomic E-state index is -2.02. The van der Waals surface area contributed by atoms with Crippen LogP contribution >= 0.6 is 0 Å². The van der Waals surface area contributed by atoms with Gasteiger partial charge in [0.25, 0.3) is 11.8 Å². The molecule has 0 bridgehead atoms. The summed E-state index contributed by atoms with van der Waals surface area (Å²) < 4.78 is 9.35. The van der Waals surface area contributed by atoms with E-state index in [4.69, 9.17) is 20.4 Å². The first-order valence-corrected chi connectivity index (χ1v) is 12.3. The average Bonchev–Trinajstić information content (AvgIpc) is 2.97. The lowest BCUT2D eigenvalue weighted by atomic mass is 10.0. The fourth-order valence-corrected chi connectivity index (χ4v) is 2.45. The quantitative estimate of drug-likeness (QED) is 0.0388. The zero-order valence-electron chi connectivity index (χ0n) is 23.2. The molecule has 2 amide bonds. The number of hydrogen-bond acceptors (Lipinski definition) is 16. The van der Waals surface area contributed by atoms with Gasteiger partial charge in [-0.1, -0.05) is 13.2 Å². The fourth-order valence-electron chi connectivity index (χ4n) is 2.45. The van der Waals surface area contributed by atoms with Crippen LogP contribution < -0.4 is 10.6 Å². The summed E-state index contributed by atoms with van der Waals surface area (Å²) in [5.74, 6) is -3.33. The van der Waals surface area contributed by atoms with Crippen molar-refractivity contribution in [1.82, 2.24) is 10.6 Å². The molecule has 18 heteroatoms. The first-order chi connectivity index (χ1) is 19.4. The SMILES string of the molecule is C=C(C)C(=O)OCCNC(=O)C(O)C(O)C(O)C(O)CO.C=C(C)C(=O)OCCNC(=O)C(O)C(O)C(O)C(O)CO. The van der Waals surface area contributed by atoms with E-state index in [1.54, 1.807) is 0 Å². The van der Waals surface area contributed by atoms with Crippen molar-refractivity contribution in [1.29, 1.82) is 0 Å². The van der Waals surface area contributed by atoms with Crippen LogP contribution in [0, 0.1) is 0 Å². The lowest BCUT2D eigenvalue weighted by Gasteiger charge is -2.24. The van der Waals surface area contributed by atoms with Crippen LogP contribution in [0.2, 0.25) is 0 Å². The van der Waals surface area contributed by atoms with Crippen molar-refractivity contribution in [3.63, 3.8) is 0 Å². The number of nitrogens with one attached hydrogen (secondary N) is 2. The predicted octanol–water partition coefficient (Wildman–Crippen LogP) is -6.68. The smallest absolute Gasteiger partial charge is 0.333 e. The van der Waals surface area contributed by atoms with Gasteiger partial charge in [0.2, 0.25) is 0 Å². The van der Waals surface area contributed by atoms with E-state index < -0.39 is 85.8 Å². The molecule has 0 aliphatic heterocycles. The van der Waals surface area contributed by atoms with Gasteiger partial charge in [-0.3, -0.25) is 9.59 Å². The molecule has 8 atom stereocenters. The Kier molecular flexibility index (Phi) is 21.2. The Bertz CT molecular complexity index is 815. The van der Waals surface area contributed by atoms with Gasteiger partial charge in [0.1, 0.15) is 49.8 Å². The van der Waals surface area contributed by atoms with E-state index in [1.165, 1.54) is 13.8 Å². The second-order valence-corrected chi connectivity index (χ2v) is 8.77. The zero-order chi connectivity index (χ0) is 33.2. The summed E-state index contributed by atoms with van der Waals surface area (Å²) in [6.07, 6.45) is -15.2. The molecular weight excluding hydrogens is 572 g/mol. The Hall–Kier alpha value is -3.04. The van der Waals surface area contributed by atoms with Crippen LogP contribution in [0.4, 0.5) is 0 Å².